The van der Waals surface area contributed by atoms with E-state index in [0.717, 1.165) is 12.1 Å². The zero-order chi connectivity index (χ0) is 15.4. The number of hydrogen-bond donors (Lipinski definition) is 2. The second-order valence-electron chi connectivity index (χ2n) is 5.78. The van der Waals surface area contributed by atoms with Gasteiger partial charge < -0.3 is 11.1 Å². The number of rotatable bonds is 4. The molecule has 0 bridgehead atoms. The van der Waals surface area contributed by atoms with Crippen LogP contribution in [0.25, 0.3) is 0 Å². The standard InChI is InChI=1S/C18H22N2O/c1-12(2)10-14-8-9-15(11-13(14)3)20-18(21)16-6-4-5-7-17(16)19/h4-9,11-12H,10,19H2,1-3H3,(H,20,21). The van der Waals surface area contributed by atoms with Crippen LogP contribution in [0.4, 0.5) is 11.4 Å². The van der Waals surface area contributed by atoms with E-state index in [1.807, 2.05) is 24.3 Å². The van der Waals surface area contributed by atoms with Gasteiger partial charge in [0.1, 0.15) is 0 Å². The third-order valence-electron chi connectivity index (χ3n) is 3.43. The minimum absolute atomic E-state index is 0.177. The number of anilines is 2. The Morgan fingerprint density at radius 1 is 1.19 bits per heavy atom. The van der Waals surface area contributed by atoms with Crippen LogP contribution in [0, 0.1) is 12.8 Å². The zero-order valence-corrected chi connectivity index (χ0v) is 12.8. The van der Waals surface area contributed by atoms with Crippen LogP contribution in [0.2, 0.25) is 0 Å². The van der Waals surface area contributed by atoms with E-state index in [2.05, 4.69) is 32.2 Å². The molecule has 0 heterocycles. The Labute approximate surface area is 126 Å². The molecule has 2 aromatic carbocycles. The number of hydrogen-bond acceptors (Lipinski definition) is 2. The number of benzene rings is 2. The molecule has 0 aliphatic heterocycles. The van der Waals surface area contributed by atoms with Crippen LogP contribution in [-0.2, 0) is 6.42 Å². The number of nitrogens with one attached hydrogen (secondary N) is 1. The monoisotopic (exact) mass is 282 g/mol. The lowest BCUT2D eigenvalue weighted by Crippen LogP contribution is -2.14. The minimum atomic E-state index is -0.177. The normalized spacial score (nSPS) is 10.7. The van der Waals surface area contributed by atoms with Gasteiger partial charge in [-0.15, -0.1) is 0 Å². The van der Waals surface area contributed by atoms with E-state index in [9.17, 15) is 4.79 Å². The molecule has 0 saturated heterocycles. The van der Waals surface area contributed by atoms with E-state index in [0.29, 0.717) is 17.2 Å². The lowest BCUT2D eigenvalue weighted by atomic mass is 9.98. The van der Waals surface area contributed by atoms with E-state index in [1.54, 1.807) is 12.1 Å². The van der Waals surface area contributed by atoms with Crippen molar-refractivity contribution in [3.63, 3.8) is 0 Å². The molecule has 0 saturated carbocycles. The summed E-state index contributed by atoms with van der Waals surface area (Å²) in [7, 11) is 0. The summed E-state index contributed by atoms with van der Waals surface area (Å²) < 4.78 is 0. The summed E-state index contributed by atoms with van der Waals surface area (Å²) in [6.07, 6.45) is 1.05. The van der Waals surface area contributed by atoms with Crippen molar-refractivity contribution in [1.29, 1.82) is 0 Å². The Hall–Kier alpha value is -2.29. The van der Waals surface area contributed by atoms with Gasteiger partial charge in [-0.1, -0.05) is 32.0 Å². The largest absolute Gasteiger partial charge is 0.398 e. The summed E-state index contributed by atoms with van der Waals surface area (Å²) in [6.45, 7) is 6.48. The summed E-state index contributed by atoms with van der Waals surface area (Å²) in [5, 5.41) is 2.90. The van der Waals surface area contributed by atoms with Crippen molar-refractivity contribution >= 4 is 17.3 Å². The van der Waals surface area contributed by atoms with Crippen molar-refractivity contribution in [2.75, 3.05) is 11.1 Å². The Balaban J connectivity index is 2.15. The number of para-hydroxylation sites is 1. The summed E-state index contributed by atoms with van der Waals surface area (Å²) in [6, 6.07) is 13.1. The topological polar surface area (TPSA) is 55.1 Å². The molecular weight excluding hydrogens is 260 g/mol. The molecule has 0 aliphatic rings. The van der Waals surface area contributed by atoms with Gasteiger partial charge in [-0.05, 0) is 54.7 Å². The van der Waals surface area contributed by atoms with Gasteiger partial charge in [0.25, 0.3) is 5.91 Å². The molecule has 110 valence electrons. The van der Waals surface area contributed by atoms with E-state index in [1.165, 1.54) is 11.1 Å². The second-order valence-corrected chi connectivity index (χ2v) is 5.78. The van der Waals surface area contributed by atoms with Crippen molar-refractivity contribution < 1.29 is 4.79 Å². The molecule has 3 nitrogen and oxygen atoms in total. The third-order valence-corrected chi connectivity index (χ3v) is 3.43. The second kappa shape index (κ2) is 6.44. The van der Waals surface area contributed by atoms with Crippen molar-refractivity contribution in [2.24, 2.45) is 5.92 Å². The van der Waals surface area contributed by atoms with Crippen LogP contribution in [0.1, 0.15) is 35.3 Å². The molecule has 0 radical (unpaired) electrons. The van der Waals surface area contributed by atoms with Gasteiger partial charge in [0.15, 0.2) is 0 Å². The summed E-state index contributed by atoms with van der Waals surface area (Å²) >= 11 is 0. The molecule has 0 aromatic heterocycles. The van der Waals surface area contributed by atoms with Gasteiger partial charge in [0, 0.05) is 11.4 Å². The molecule has 0 aliphatic carbocycles. The molecule has 1 amide bonds. The minimum Gasteiger partial charge on any atom is -0.398 e. The Kier molecular flexibility index (Phi) is 4.63. The van der Waals surface area contributed by atoms with Crippen molar-refractivity contribution in [2.45, 2.75) is 27.2 Å². The Morgan fingerprint density at radius 2 is 1.90 bits per heavy atom. The fraction of sp³-hybridized carbons (Fsp3) is 0.278. The summed E-state index contributed by atoms with van der Waals surface area (Å²) in [5.41, 5.74) is 10.1. The fourth-order valence-corrected chi connectivity index (χ4v) is 2.34. The first-order valence-corrected chi connectivity index (χ1v) is 7.22. The lowest BCUT2D eigenvalue weighted by Gasteiger charge is -2.12. The van der Waals surface area contributed by atoms with Gasteiger partial charge in [0.05, 0.1) is 5.56 Å². The average Bonchev–Trinajstić information content (AvgIpc) is 2.42. The van der Waals surface area contributed by atoms with Gasteiger partial charge in [0.2, 0.25) is 0 Å². The number of carbonyl (C=O) groups is 1. The van der Waals surface area contributed by atoms with Crippen LogP contribution < -0.4 is 11.1 Å². The fourth-order valence-electron chi connectivity index (χ4n) is 2.34. The molecule has 2 rings (SSSR count). The van der Waals surface area contributed by atoms with Crippen molar-refractivity contribution in [3.05, 3.63) is 59.2 Å². The maximum atomic E-state index is 12.2. The summed E-state index contributed by atoms with van der Waals surface area (Å²) in [4.78, 5) is 12.2. The van der Waals surface area contributed by atoms with Crippen LogP contribution in [0.3, 0.4) is 0 Å². The van der Waals surface area contributed by atoms with Crippen LogP contribution in [0.5, 0.6) is 0 Å². The molecule has 0 fully saturated rings. The first-order chi connectivity index (χ1) is 9.97. The maximum Gasteiger partial charge on any atom is 0.257 e. The molecule has 0 unspecified atom stereocenters. The van der Waals surface area contributed by atoms with E-state index >= 15 is 0 Å². The molecule has 3 heteroatoms. The third kappa shape index (κ3) is 3.85. The Bertz CT molecular complexity index is 647. The predicted molar refractivity (Wildman–Crippen MR) is 88.5 cm³/mol. The van der Waals surface area contributed by atoms with E-state index in [-0.39, 0.29) is 5.91 Å². The molecular formula is C18H22N2O. The van der Waals surface area contributed by atoms with Crippen LogP contribution in [0.15, 0.2) is 42.5 Å². The van der Waals surface area contributed by atoms with Gasteiger partial charge in [-0.2, -0.15) is 0 Å². The maximum absolute atomic E-state index is 12.2. The van der Waals surface area contributed by atoms with Crippen molar-refractivity contribution in [3.8, 4) is 0 Å². The molecule has 0 spiro atoms. The Morgan fingerprint density at radius 3 is 2.52 bits per heavy atom. The van der Waals surface area contributed by atoms with Gasteiger partial charge in [-0.25, -0.2) is 0 Å². The van der Waals surface area contributed by atoms with E-state index in [4.69, 9.17) is 5.73 Å². The molecule has 3 N–H and O–H groups in total. The molecule has 0 atom stereocenters. The average molecular weight is 282 g/mol. The number of nitrogen functional groups attached to an aromatic ring is 1. The zero-order valence-electron chi connectivity index (χ0n) is 12.8. The molecule has 2 aromatic rings. The van der Waals surface area contributed by atoms with Crippen molar-refractivity contribution in [1.82, 2.24) is 0 Å². The van der Waals surface area contributed by atoms with Crippen LogP contribution >= 0.6 is 0 Å². The highest BCUT2D eigenvalue weighted by molar-refractivity contribution is 6.07. The van der Waals surface area contributed by atoms with Gasteiger partial charge in [-0.3, -0.25) is 4.79 Å². The smallest absolute Gasteiger partial charge is 0.257 e. The highest BCUT2D eigenvalue weighted by Gasteiger charge is 2.10. The first-order valence-electron chi connectivity index (χ1n) is 7.22. The van der Waals surface area contributed by atoms with Crippen LogP contribution in [-0.4, -0.2) is 5.91 Å². The quantitative estimate of drug-likeness (QED) is 0.832. The van der Waals surface area contributed by atoms with E-state index < -0.39 is 0 Å². The SMILES string of the molecule is Cc1cc(NC(=O)c2ccccc2N)ccc1CC(C)C. The van der Waals surface area contributed by atoms with Gasteiger partial charge >= 0.3 is 0 Å². The number of nitrogens with two attached hydrogens (primary N) is 1. The first kappa shape index (κ1) is 15.1. The summed E-state index contributed by atoms with van der Waals surface area (Å²) in [5.74, 6) is 0.442. The number of aryl methyl sites for hydroxylation is 1. The highest BCUT2D eigenvalue weighted by Crippen LogP contribution is 2.20. The lowest BCUT2D eigenvalue weighted by molar-refractivity contribution is 0.102. The molecule has 21 heavy (non-hydrogen) atoms. The predicted octanol–water partition coefficient (Wildman–Crippen LogP) is 4.03. The number of amides is 1. The highest BCUT2D eigenvalue weighted by atomic mass is 16.1. The number of carbonyl (C=O) groups excluding carboxylic acids is 1.